The second kappa shape index (κ2) is 4.13. The zero-order valence-corrected chi connectivity index (χ0v) is 8.18. The van der Waals surface area contributed by atoms with Crippen molar-refractivity contribution in [3.63, 3.8) is 0 Å². The molecule has 14 heavy (non-hydrogen) atoms. The van der Waals surface area contributed by atoms with Crippen LogP contribution in [-0.4, -0.2) is 32.6 Å². The van der Waals surface area contributed by atoms with Gasteiger partial charge in [-0.3, -0.25) is 0 Å². The SMILES string of the molecule is CN(CC1CO[C]=N1)c1ccccc1. The van der Waals surface area contributed by atoms with Gasteiger partial charge in [0.1, 0.15) is 12.6 Å². The average molecular weight is 189 g/mol. The lowest BCUT2D eigenvalue weighted by Gasteiger charge is -2.20. The molecule has 1 atom stereocenters. The van der Waals surface area contributed by atoms with Crippen LogP contribution in [0.4, 0.5) is 5.69 Å². The fourth-order valence-corrected chi connectivity index (χ4v) is 1.48. The molecule has 0 amide bonds. The first-order valence-corrected chi connectivity index (χ1v) is 4.69. The van der Waals surface area contributed by atoms with Crippen molar-refractivity contribution in [3.05, 3.63) is 30.3 Å². The molecule has 0 bridgehead atoms. The molecule has 0 saturated heterocycles. The Morgan fingerprint density at radius 1 is 1.50 bits per heavy atom. The van der Waals surface area contributed by atoms with Crippen LogP contribution < -0.4 is 4.90 Å². The van der Waals surface area contributed by atoms with E-state index in [-0.39, 0.29) is 6.04 Å². The molecule has 1 aliphatic rings. The van der Waals surface area contributed by atoms with Gasteiger partial charge >= 0.3 is 0 Å². The number of likely N-dealkylation sites (N-methyl/N-ethyl adjacent to an activating group) is 1. The van der Waals surface area contributed by atoms with Crippen LogP contribution in [0.25, 0.3) is 0 Å². The Kier molecular flexibility index (Phi) is 2.68. The van der Waals surface area contributed by atoms with Gasteiger partial charge in [-0.15, -0.1) is 0 Å². The minimum absolute atomic E-state index is 0.222. The highest BCUT2D eigenvalue weighted by Gasteiger charge is 2.14. The summed E-state index contributed by atoms with van der Waals surface area (Å²) in [7, 11) is 2.06. The molecule has 1 aliphatic heterocycles. The van der Waals surface area contributed by atoms with Crippen LogP contribution in [0.5, 0.6) is 0 Å². The summed E-state index contributed by atoms with van der Waals surface area (Å²) in [5.41, 5.74) is 1.20. The smallest absolute Gasteiger partial charge is 0.273 e. The van der Waals surface area contributed by atoms with Gasteiger partial charge in [0.15, 0.2) is 0 Å². The normalized spacial score (nSPS) is 19.4. The minimum atomic E-state index is 0.222. The molecule has 1 unspecified atom stereocenters. The summed E-state index contributed by atoms with van der Waals surface area (Å²) < 4.78 is 4.95. The summed E-state index contributed by atoms with van der Waals surface area (Å²) in [6.45, 7) is 1.52. The Bertz CT molecular complexity index is 310. The van der Waals surface area contributed by atoms with Crippen LogP contribution >= 0.6 is 0 Å². The molecule has 2 rings (SSSR count). The van der Waals surface area contributed by atoms with E-state index in [1.54, 1.807) is 0 Å². The zero-order valence-electron chi connectivity index (χ0n) is 8.18. The van der Waals surface area contributed by atoms with E-state index in [0.29, 0.717) is 6.61 Å². The molecule has 73 valence electrons. The third-order valence-corrected chi connectivity index (χ3v) is 2.26. The highest BCUT2D eigenvalue weighted by Crippen LogP contribution is 2.12. The summed E-state index contributed by atoms with van der Waals surface area (Å²) in [6.07, 6.45) is 2.53. The van der Waals surface area contributed by atoms with E-state index in [0.717, 1.165) is 6.54 Å². The Balaban J connectivity index is 1.95. The maximum Gasteiger partial charge on any atom is 0.273 e. The first-order valence-electron chi connectivity index (χ1n) is 4.69. The van der Waals surface area contributed by atoms with Gasteiger partial charge in [0, 0.05) is 19.3 Å². The first-order chi connectivity index (χ1) is 6.86. The number of hydrogen-bond donors (Lipinski definition) is 0. The number of rotatable bonds is 3. The van der Waals surface area contributed by atoms with Crippen LogP contribution in [0.3, 0.4) is 0 Å². The van der Waals surface area contributed by atoms with Gasteiger partial charge in [0.25, 0.3) is 6.40 Å². The molecule has 0 saturated carbocycles. The van der Waals surface area contributed by atoms with Crippen molar-refractivity contribution in [3.8, 4) is 0 Å². The van der Waals surface area contributed by atoms with Crippen molar-refractivity contribution < 1.29 is 4.74 Å². The second-order valence-corrected chi connectivity index (χ2v) is 3.40. The van der Waals surface area contributed by atoms with E-state index in [4.69, 9.17) is 4.74 Å². The summed E-state index contributed by atoms with van der Waals surface area (Å²) >= 11 is 0. The molecule has 0 aliphatic carbocycles. The number of aliphatic imine (C=N–C) groups is 1. The van der Waals surface area contributed by atoms with Crippen molar-refractivity contribution in [1.29, 1.82) is 0 Å². The van der Waals surface area contributed by atoms with Gasteiger partial charge in [-0.05, 0) is 12.1 Å². The quantitative estimate of drug-likeness (QED) is 0.718. The monoisotopic (exact) mass is 189 g/mol. The average Bonchev–Trinajstić information content (AvgIpc) is 2.72. The number of nitrogens with zero attached hydrogens (tertiary/aromatic N) is 2. The topological polar surface area (TPSA) is 24.8 Å². The van der Waals surface area contributed by atoms with Crippen molar-refractivity contribution >= 4 is 12.1 Å². The number of ether oxygens (including phenoxy) is 1. The van der Waals surface area contributed by atoms with Gasteiger partial charge in [-0.2, -0.15) is 0 Å². The Morgan fingerprint density at radius 3 is 2.93 bits per heavy atom. The number of hydrogen-bond acceptors (Lipinski definition) is 3. The van der Waals surface area contributed by atoms with E-state index in [1.165, 1.54) is 5.69 Å². The summed E-state index contributed by atoms with van der Waals surface area (Å²) in [5.74, 6) is 0. The van der Waals surface area contributed by atoms with Crippen LogP contribution in [0.2, 0.25) is 0 Å². The number of anilines is 1. The highest BCUT2D eigenvalue weighted by atomic mass is 16.5. The number of para-hydroxylation sites is 1. The third kappa shape index (κ3) is 2.05. The maximum atomic E-state index is 4.95. The molecule has 0 aromatic heterocycles. The van der Waals surface area contributed by atoms with E-state index in [9.17, 15) is 0 Å². The van der Waals surface area contributed by atoms with Crippen molar-refractivity contribution in [2.75, 3.05) is 25.1 Å². The van der Waals surface area contributed by atoms with E-state index < -0.39 is 0 Å². The molecule has 1 heterocycles. The standard InChI is InChI=1S/C11H13N2O/c1-13(7-10-8-14-9-12-10)11-5-3-2-4-6-11/h2-6,10H,7-8H2,1H3. The predicted octanol–water partition coefficient (Wildman–Crippen LogP) is 1.43. The van der Waals surface area contributed by atoms with E-state index in [2.05, 4.69) is 35.5 Å². The highest BCUT2D eigenvalue weighted by molar-refractivity contribution is 5.50. The predicted molar refractivity (Wildman–Crippen MR) is 56.9 cm³/mol. The summed E-state index contributed by atoms with van der Waals surface area (Å²) in [5, 5.41) is 0. The molecule has 0 spiro atoms. The molecule has 3 nitrogen and oxygen atoms in total. The van der Waals surface area contributed by atoms with Crippen LogP contribution in [0.1, 0.15) is 0 Å². The molecular weight excluding hydrogens is 176 g/mol. The molecule has 1 radical (unpaired) electrons. The first kappa shape index (κ1) is 9.06. The third-order valence-electron chi connectivity index (χ3n) is 2.26. The largest absolute Gasteiger partial charge is 0.472 e. The van der Waals surface area contributed by atoms with Crippen molar-refractivity contribution in [2.24, 2.45) is 4.99 Å². The van der Waals surface area contributed by atoms with E-state index >= 15 is 0 Å². The summed E-state index contributed by atoms with van der Waals surface area (Å²) in [6, 6.07) is 10.5. The van der Waals surface area contributed by atoms with E-state index in [1.807, 2.05) is 18.2 Å². The lowest BCUT2D eigenvalue weighted by molar-refractivity contribution is 0.329. The molecular formula is C11H13N2O. The zero-order chi connectivity index (χ0) is 9.80. The second-order valence-electron chi connectivity index (χ2n) is 3.40. The van der Waals surface area contributed by atoms with Gasteiger partial charge in [-0.25, -0.2) is 4.99 Å². The van der Waals surface area contributed by atoms with Crippen LogP contribution in [-0.2, 0) is 4.74 Å². The molecule has 0 N–H and O–H groups in total. The molecule has 1 aromatic carbocycles. The molecule has 1 aromatic rings. The minimum Gasteiger partial charge on any atom is -0.472 e. The maximum absolute atomic E-state index is 4.95. The molecule has 0 fully saturated rings. The van der Waals surface area contributed by atoms with Gasteiger partial charge in [0.05, 0.1) is 0 Å². The van der Waals surface area contributed by atoms with Gasteiger partial charge < -0.3 is 9.64 Å². The lowest BCUT2D eigenvalue weighted by Crippen LogP contribution is -2.28. The summed E-state index contributed by atoms with van der Waals surface area (Å²) in [4.78, 5) is 6.26. The Morgan fingerprint density at radius 2 is 2.29 bits per heavy atom. The number of benzene rings is 1. The Hall–Kier alpha value is -1.51. The fraction of sp³-hybridized carbons (Fsp3) is 0.364. The lowest BCUT2D eigenvalue weighted by atomic mass is 10.2. The van der Waals surface area contributed by atoms with Crippen LogP contribution in [0, 0.1) is 0 Å². The fourth-order valence-electron chi connectivity index (χ4n) is 1.48. The van der Waals surface area contributed by atoms with Crippen molar-refractivity contribution in [2.45, 2.75) is 6.04 Å². The molecule has 3 heteroatoms. The van der Waals surface area contributed by atoms with Crippen molar-refractivity contribution in [1.82, 2.24) is 0 Å². The van der Waals surface area contributed by atoms with Gasteiger partial charge in [-0.1, -0.05) is 18.2 Å². The Labute approximate surface area is 84.0 Å². The van der Waals surface area contributed by atoms with Crippen LogP contribution in [0.15, 0.2) is 35.3 Å². The van der Waals surface area contributed by atoms with Gasteiger partial charge in [0.2, 0.25) is 0 Å².